The molecular formula is C20H24F3IN4O2. The van der Waals surface area contributed by atoms with Crippen LogP contribution in [0.4, 0.5) is 18.9 Å². The van der Waals surface area contributed by atoms with E-state index < -0.39 is 29.0 Å². The van der Waals surface area contributed by atoms with Crippen LogP contribution in [0.1, 0.15) is 18.1 Å². The van der Waals surface area contributed by atoms with Gasteiger partial charge in [-0.25, -0.2) is 18.2 Å². The number of methoxy groups -OCH3 is 1. The number of amides is 1. The minimum absolute atomic E-state index is 0. The number of carbonyl (C=O) groups excluding carboxylic acids is 1. The maximum Gasteiger partial charge on any atom is 0.243 e. The Bertz CT molecular complexity index is 910. The smallest absolute Gasteiger partial charge is 0.243 e. The number of nitrogens with one attached hydrogen (secondary N) is 3. The molecule has 0 spiro atoms. The molecule has 0 aromatic heterocycles. The molecule has 3 N–H and O–H groups in total. The molecule has 0 fully saturated rings. The lowest BCUT2D eigenvalue weighted by atomic mass is 10.1. The summed E-state index contributed by atoms with van der Waals surface area (Å²) in [7, 11) is 1.58. The number of aryl methyl sites for hydroxylation is 1. The lowest BCUT2D eigenvalue weighted by Gasteiger charge is -2.13. The van der Waals surface area contributed by atoms with Gasteiger partial charge in [-0.15, -0.1) is 24.0 Å². The second-order valence-electron chi connectivity index (χ2n) is 6.14. The van der Waals surface area contributed by atoms with E-state index in [2.05, 4.69) is 20.9 Å². The van der Waals surface area contributed by atoms with Gasteiger partial charge >= 0.3 is 0 Å². The molecule has 0 unspecified atom stereocenters. The van der Waals surface area contributed by atoms with Gasteiger partial charge in [-0.05, 0) is 37.6 Å². The fourth-order valence-electron chi connectivity index (χ4n) is 2.47. The van der Waals surface area contributed by atoms with E-state index >= 15 is 0 Å². The normalized spacial score (nSPS) is 10.8. The molecule has 30 heavy (non-hydrogen) atoms. The van der Waals surface area contributed by atoms with Crippen LogP contribution in [0, 0.1) is 24.4 Å². The van der Waals surface area contributed by atoms with Gasteiger partial charge in [-0.2, -0.15) is 0 Å². The number of halogens is 4. The van der Waals surface area contributed by atoms with Gasteiger partial charge in [0, 0.05) is 12.1 Å². The molecule has 0 saturated heterocycles. The topological polar surface area (TPSA) is 74.8 Å². The predicted octanol–water partition coefficient (Wildman–Crippen LogP) is 3.73. The van der Waals surface area contributed by atoms with Crippen molar-refractivity contribution in [2.24, 2.45) is 4.99 Å². The first-order chi connectivity index (χ1) is 13.8. The number of aliphatic imine (C=N–C) groups is 1. The first-order valence-electron chi connectivity index (χ1n) is 8.94. The van der Waals surface area contributed by atoms with Crippen LogP contribution >= 0.6 is 24.0 Å². The molecule has 0 bridgehead atoms. The summed E-state index contributed by atoms with van der Waals surface area (Å²) < 4.78 is 45.2. The number of benzene rings is 2. The van der Waals surface area contributed by atoms with Crippen molar-refractivity contribution >= 4 is 41.5 Å². The first-order valence-corrected chi connectivity index (χ1v) is 8.94. The SMILES string of the molecule is CCNC(=NCc1ccc(C)cc1OC)NCC(=O)Nc1ccc(F)c(F)c1F.I. The van der Waals surface area contributed by atoms with Gasteiger partial charge in [-0.1, -0.05) is 12.1 Å². The number of rotatable bonds is 7. The Morgan fingerprint density at radius 2 is 1.83 bits per heavy atom. The summed E-state index contributed by atoms with van der Waals surface area (Å²) in [6.07, 6.45) is 0. The van der Waals surface area contributed by atoms with Gasteiger partial charge in [0.05, 0.1) is 25.9 Å². The molecule has 0 aliphatic heterocycles. The molecule has 0 aliphatic rings. The third-order valence-corrected chi connectivity index (χ3v) is 3.92. The summed E-state index contributed by atoms with van der Waals surface area (Å²) in [6, 6.07) is 7.43. The summed E-state index contributed by atoms with van der Waals surface area (Å²) >= 11 is 0. The van der Waals surface area contributed by atoms with Gasteiger partial charge in [0.2, 0.25) is 5.91 Å². The monoisotopic (exact) mass is 536 g/mol. The summed E-state index contributed by atoms with van der Waals surface area (Å²) in [6.45, 7) is 4.42. The first kappa shape index (κ1) is 25.5. The van der Waals surface area contributed by atoms with E-state index in [0.29, 0.717) is 24.8 Å². The van der Waals surface area contributed by atoms with Crippen LogP contribution in [0.25, 0.3) is 0 Å². The number of nitrogens with zero attached hydrogens (tertiary/aromatic N) is 1. The predicted molar refractivity (Wildman–Crippen MR) is 121 cm³/mol. The maximum absolute atomic E-state index is 13.7. The molecule has 0 aliphatic carbocycles. The Morgan fingerprint density at radius 3 is 2.50 bits per heavy atom. The molecule has 6 nitrogen and oxygen atoms in total. The van der Waals surface area contributed by atoms with Crippen molar-refractivity contribution in [3.63, 3.8) is 0 Å². The van der Waals surface area contributed by atoms with Crippen molar-refractivity contribution in [3.8, 4) is 5.75 Å². The number of carbonyl (C=O) groups is 1. The number of hydrogen-bond donors (Lipinski definition) is 3. The minimum atomic E-state index is -1.64. The highest BCUT2D eigenvalue weighted by molar-refractivity contribution is 14.0. The van der Waals surface area contributed by atoms with E-state index in [1.165, 1.54) is 0 Å². The molecule has 2 rings (SSSR count). The summed E-state index contributed by atoms with van der Waals surface area (Å²) in [4.78, 5) is 16.4. The van der Waals surface area contributed by atoms with Crippen molar-refractivity contribution in [2.75, 3.05) is 25.5 Å². The molecule has 0 radical (unpaired) electrons. The van der Waals surface area contributed by atoms with E-state index in [4.69, 9.17) is 4.74 Å². The Balaban J connectivity index is 0.00000450. The third-order valence-electron chi connectivity index (χ3n) is 3.92. The zero-order chi connectivity index (χ0) is 21.4. The van der Waals surface area contributed by atoms with Gasteiger partial charge < -0.3 is 20.7 Å². The standard InChI is InChI=1S/C20H23F3N4O2.HI/c1-4-24-20(25-10-13-6-5-12(2)9-16(13)29-3)26-11-17(28)27-15-8-7-14(21)18(22)19(15)23;/h5-9H,4,10-11H2,1-3H3,(H,27,28)(H2,24,25,26);1H. The maximum atomic E-state index is 13.7. The highest BCUT2D eigenvalue weighted by Gasteiger charge is 2.15. The average Bonchev–Trinajstić information content (AvgIpc) is 2.71. The lowest BCUT2D eigenvalue weighted by Crippen LogP contribution is -2.41. The van der Waals surface area contributed by atoms with Crippen molar-refractivity contribution < 1.29 is 22.7 Å². The second-order valence-corrected chi connectivity index (χ2v) is 6.14. The zero-order valence-corrected chi connectivity index (χ0v) is 19.1. The van der Waals surface area contributed by atoms with Gasteiger partial charge in [0.15, 0.2) is 23.4 Å². The third kappa shape index (κ3) is 7.08. The van der Waals surface area contributed by atoms with Crippen LogP contribution in [0.15, 0.2) is 35.3 Å². The quantitative estimate of drug-likeness (QED) is 0.218. The molecule has 1 amide bonds. The van der Waals surface area contributed by atoms with Crippen molar-refractivity contribution in [2.45, 2.75) is 20.4 Å². The number of guanidine groups is 1. The summed E-state index contributed by atoms with van der Waals surface area (Å²) in [5.74, 6) is -4.00. The van der Waals surface area contributed by atoms with Crippen LogP contribution in [0.3, 0.4) is 0 Å². The van der Waals surface area contributed by atoms with Gasteiger partial charge in [0.25, 0.3) is 0 Å². The Labute approximate surface area is 190 Å². The average molecular weight is 536 g/mol. The van der Waals surface area contributed by atoms with Crippen LogP contribution in [-0.2, 0) is 11.3 Å². The zero-order valence-electron chi connectivity index (χ0n) is 16.8. The number of ether oxygens (including phenoxy) is 1. The molecule has 10 heteroatoms. The fraction of sp³-hybridized carbons (Fsp3) is 0.300. The summed E-state index contributed by atoms with van der Waals surface area (Å²) in [5, 5.41) is 7.97. The van der Waals surface area contributed by atoms with Gasteiger partial charge in [0.1, 0.15) is 5.75 Å². The van der Waals surface area contributed by atoms with Crippen LogP contribution in [-0.4, -0.2) is 32.1 Å². The van der Waals surface area contributed by atoms with Crippen LogP contribution in [0.5, 0.6) is 5.75 Å². The van der Waals surface area contributed by atoms with Crippen molar-refractivity contribution in [1.29, 1.82) is 0 Å². The highest BCUT2D eigenvalue weighted by Crippen LogP contribution is 2.21. The highest BCUT2D eigenvalue weighted by atomic mass is 127. The molecule has 0 heterocycles. The summed E-state index contributed by atoms with van der Waals surface area (Å²) in [5.41, 5.74) is 1.48. The van der Waals surface area contributed by atoms with E-state index in [9.17, 15) is 18.0 Å². The Kier molecular flexibility index (Phi) is 10.4. The van der Waals surface area contributed by atoms with Crippen LogP contribution < -0.4 is 20.7 Å². The molecule has 2 aromatic rings. The largest absolute Gasteiger partial charge is 0.496 e. The molecular weight excluding hydrogens is 512 g/mol. The molecule has 0 saturated carbocycles. The molecule has 2 aromatic carbocycles. The van der Waals surface area contributed by atoms with E-state index in [1.54, 1.807) is 7.11 Å². The molecule has 0 atom stereocenters. The number of hydrogen-bond acceptors (Lipinski definition) is 3. The fourth-order valence-corrected chi connectivity index (χ4v) is 2.47. The Hall–Kier alpha value is -2.50. The van der Waals surface area contributed by atoms with E-state index in [-0.39, 0.29) is 30.5 Å². The van der Waals surface area contributed by atoms with Gasteiger partial charge in [-0.3, -0.25) is 4.79 Å². The number of anilines is 1. The Morgan fingerprint density at radius 1 is 1.10 bits per heavy atom. The lowest BCUT2D eigenvalue weighted by molar-refractivity contribution is -0.115. The minimum Gasteiger partial charge on any atom is -0.496 e. The van der Waals surface area contributed by atoms with Crippen LogP contribution in [0.2, 0.25) is 0 Å². The van der Waals surface area contributed by atoms with E-state index in [1.807, 2.05) is 32.0 Å². The van der Waals surface area contributed by atoms with Crippen molar-refractivity contribution in [3.05, 3.63) is 58.9 Å². The van der Waals surface area contributed by atoms with E-state index in [0.717, 1.165) is 23.3 Å². The second kappa shape index (κ2) is 12.3. The molecule has 164 valence electrons. The van der Waals surface area contributed by atoms with Crippen molar-refractivity contribution in [1.82, 2.24) is 10.6 Å².